The van der Waals surface area contributed by atoms with Crippen LogP contribution in [-0.2, 0) is 4.74 Å². The van der Waals surface area contributed by atoms with Crippen molar-refractivity contribution in [1.29, 1.82) is 0 Å². The van der Waals surface area contributed by atoms with Gasteiger partial charge in [-0.1, -0.05) is 26.2 Å². The number of hydrogen-bond donors (Lipinski definition) is 1. The molecule has 15 heavy (non-hydrogen) atoms. The highest BCUT2D eigenvalue weighted by Gasteiger charge is 2.11. The number of piperidine rings is 1. The highest BCUT2D eigenvalue weighted by Crippen LogP contribution is 2.09. The molecule has 0 amide bonds. The van der Waals surface area contributed by atoms with Crippen LogP contribution >= 0.6 is 12.4 Å². The van der Waals surface area contributed by atoms with Crippen LogP contribution in [0.25, 0.3) is 0 Å². The maximum absolute atomic E-state index is 5.60. The van der Waals surface area contributed by atoms with Crippen molar-refractivity contribution in [2.45, 2.75) is 57.9 Å². The van der Waals surface area contributed by atoms with Gasteiger partial charge in [0, 0.05) is 19.3 Å². The third-order valence-corrected chi connectivity index (χ3v) is 2.92. The second-order valence-electron chi connectivity index (χ2n) is 4.25. The fourth-order valence-electron chi connectivity index (χ4n) is 1.95. The Kier molecular flexibility index (Phi) is 10.9. The van der Waals surface area contributed by atoms with Crippen LogP contribution in [0.15, 0.2) is 0 Å². The van der Waals surface area contributed by atoms with Gasteiger partial charge < -0.3 is 10.1 Å². The van der Waals surface area contributed by atoms with E-state index in [1.54, 1.807) is 0 Å². The molecule has 1 aliphatic heterocycles. The lowest BCUT2D eigenvalue weighted by atomic mass is 10.0. The summed E-state index contributed by atoms with van der Waals surface area (Å²) in [6.07, 6.45) is 9.12. The van der Waals surface area contributed by atoms with Crippen molar-refractivity contribution in [3.63, 3.8) is 0 Å². The van der Waals surface area contributed by atoms with Crippen LogP contribution in [0.1, 0.15) is 51.9 Å². The summed E-state index contributed by atoms with van der Waals surface area (Å²) in [5.74, 6) is 0. The second-order valence-corrected chi connectivity index (χ2v) is 4.25. The Morgan fingerprint density at radius 2 is 2.07 bits per heavy atom. The van der Waals surface area contributed by atoms with Crippen molar-refractivity contribution >= 4 is 12.4 Å². The quantitative estimate of drug-likeness (QED) is 0.685. The maximum Gasteiger partial charge on any atom is 0.0480 e. The second kappa shape index (κ2) is 10.7. The fraction of sp³-hybridized carbons (Fsp3) is 1.00. The molecule has 0 saturated carbocycles. The molecule has 1 fully saturated rings. The van der Waals surface area contributed by atoms with Gasteiger partial charge in [0.05, 0.1) is 0 Å². The van der Waals surface area contributed by atoms with Crippen molar-refractivity contribution in [2.24, 2.45) is 0 Å². The van der Waals surface area contributed by atoms with E-state index in [-0.39, 0.29) is 12.4 Å². The number of halogens is 1. The van der Waals surface area contributed by atoms with Gasteiger partial charge in [-0.25, -0.2) is 0 Å². The molecule has 1 rings (SSSR count). The first-order valence-electron chi connectivity index (χ1n) is 6.24. The fourth-order valence-corrected chi connectivity index (χ4v) is 1.95. The molecule has 1 aliphatic rings. The smallest absolute Gasteiger partial charge is 0.0480 e. The third-order valence-electron chi connectivity index (χ3n) is 2.92. The number of nitrogens with one attached hydrogen (secondary N) is 1. The monoisotopic (exact) mass is 235 g/mol. The van der Waals surface area contributed by atoms with E-state index in [1.165, 1.54) is 51.5 Å². The zero-order valence-electron chi connectivity index (χ0n) is 9.96. The molecule has 0 aromatic rings. The molecule has 92 valence electrons. The Hall–Kier alpha value is 0.210. The van der Waals surface area contributed by atoms with Crippen LogP contribution < -0.4 is 5.32 Å². The van der Waals surface area contributed by atoms with Crippen molar-refractivity contribution < 1.29 is 4.74 Å². The highest BCUT2D eigenvalue weighted by molar-refractivity contribution is 5.85. The lowest BCUT2D eigenvalue weighted by molar-refractivity contribution is 0.117. The number of ether oxygens (including phenoxy) is 1. The Morgan fingerprint density at radius 3 is 2.73 bits per heavy atom. The number of rotatable bonds is 7. The first kappa shape index (κ1) is 15.2. The molecule has 1 unspecified atom stereocenters. The van der Waals surface area contributed by atoms with Gasteiger partial charge in [0.15, 0.2) is 0 Å². The van der Waals surface area contributed by atoms with E-state index in [2.05, 4.69) is 12.2 Å². The van der Waals surface area contributed by atoms with E-state index in [4.69, 9.17) is 4.74 Å². The summed E-state index contributed by atoms with van der Waals surface area (Å²) in [6, 6.07) is 0.731. The predicted molar refractivity (Wildman–Crippen MR) is 67.9 cm³/mol. The summed E-state index contributed by atoms with van der Waals surface area (Å²) in [5, 5.41) is 3.54. The normalized spacial score (nSPS) is 21.0. The van der Waals surface area contributed by atoms with Gasteiger partial charge in [-0.2, -0.15) is 0 Å². The molecule has 0 aliphatic carbocycles. The van der Waals surface area contributed by atoms with E-state index in [1.807, 2.05) is 0 Å². The Morgan fingerprint density at radius 1 is 1.20 bits per heavy atom. The molecule has 0 aromatic carbocycles. The number of hydrogen-bond acceptors (Lipinski definition) is 2. The molecule has 0 spiro atoms. The molecule has 2 nitrogen and oxygen atoms in total. The summed E-state index contributed by atoms with van der Waals surface area (Å²) in [5.41, 5.74) is 0. The van der Waals surface area contributed by atoms with Crippen molar-refractivity contribution in [1.82, 2.24) is 5.32 Å². The maximum atomic E-state index is 5.60. The van der Waals surface area contributed by atoms with Gasteiger partial charge in [0.2, 0.25) is 0 Å². The Bertz CT molecular complexity index is 127. The van der Waals surface area contributed by atoms with E-state index < -0.39 is 0 Å². The topological polar surface area (TPSA) is 21.3 Å². The van der Waals surface area contributed by atoms with Crippen molar-refractivity contribution in [3.8, 4) is 0 Å². The molecule has 1 atom stereocenters. The minimum absolute atomic E-state index is 0. The van der Waals surface area contributed by atoms with E-state index in [9.17, 15) is 0 Å². The number of unbranched alkanes of at least 4 members (excludes halogenated alkanes) is 2. The standard InChI is InChI=1S/C12H25NO.ClH/c1-2-3-6-10-14-11-8-12-7-4-5-9-13-12;/h12-13H,2-11H2,1H3;1H. The predicted octanol–water partition coefficient (Wildman–Crippen LogP) is 3.15. The van der Waals surface area contributed by atoms with Crippen LogP contribution in [0, 0.1) is 0 Å². The molecular formula is C12H26ClNO. The van der Waals surface area contributed by atoms with Gasteiger partial charge in [-0.3, -0.25) is 0 Å². The molecule has 0 bridgehead atoms. The SMILES string of the molecule is CCCCCOCCC1CCCCN1.Cl. The summed E-state index contributed by atoms with van der Waals surface area (Å²) in [6.45, 7) is 5.34. The van der Waals surface area contributed by atoms with E-state index >= 15 is 0 Å². The first-order valence-corrected chi connectivity index (χ1v) is 6.24. The van der Waals surface area contributed by atoms with Crippen LogP contribution in [0.4, 0.5) is 0 Å². The van der Waals surface area contributed by atoms with Crippen LogP contribution in [-0.4, -0.2) is 25.8 Å². The zero-order valence-corrected chi connectivity index (χ0v) is 10.8. The van der Waals surface area contributed by atoms with Gasteiger partial charge in [0.25, 0.3) is 0 Å². The average Bonchev–Trinajstić information content (AvgIpc) is 2.25. The summed E-state index contributed by atoms with van der Waals surface area (Å²) >= 11 is 0. The molecule has 3 heteroatoms. The zero-order chi connectivity index (χ0) is 10.1. The van der Waals surface area contributed by atoms with Crippen LogP contribution in [0.5, 0.6) is 0 Å². The van der Waals surface area contributed by atoms with E-state index in [0.29, 0.717) is 0 Å². The molecule has 0 radical (unpaired) electrons. The van der Waals surface area contributed by atoms with Gasteiger partial charge >= 0.3 is 0 Å². The Labute approximate surface area is 101 Å². The van der Waals surface area contributed by atoms with Gasteiger partial charge in [0.1, 0.15) is 0 Å². The van der Waals surface area contributed by atoms with Crippen LogP contribution in [0.3, 0.4) is 0 Å². The molecule has 1 heterocycles. The van der Waals surface area contributed by atoms with Gasteiger partial charge in [-0.15, -0.1) is 12.4 Å². The lowest BCUT2D eigenvalue weighted by Crippen LogP contribution is -2.34. The summed E-state index contributed by atoms with van der Waals surface area (Å²) in [4.78, 5) is 0. The lowest BCUT2D eigenvalue weighted by Gasteiger charge is -2.23. The molecular weight excluding hydrogens is 210 g/mol. The van der Waals surface area contributed by atoms with E-state index in [0.717, 1.165) is 19.3 Å². The first-order chi connectivity index (χ1) is 6.93. The minimum atomic E-state index is 0. The van der Waals surface area contributed by atoms with Crippen LogP contribution in [0.2, 0.25) is 0 Å². The molecule has 1 N–H and O–H groups in total. The molecule has 1 saturated heterocycles. The van der Waals surface area contributed by atoms with Crippen molar-refractivity contribution in [2.75, 3.05) is 19.8 Å². The Balaban J connectivity index is 0.00000196. The minimum Gasteiger partial charge on any atom is -0.381 e. The molecule has 0 aromatic heterocycles. The third kappa shape index (κ3) is 8.06. The highest BCUT2D eigenvalue weighted by atomic mass is 35.5. The summed E-state index contributed by atoms with van der Waals surface area (Å²) < 4.78 is 5.60. The van der Waals surface area contributed by atoms with Crippen molar-refractivity contribution in [3.05, 3.63) is 0 Å². The largest absolute Gasteiger partial charge is 0.381 e. The average molecular weight is 236 g/mol. The summed E-state index contributed by atoms with van der Waals surface area (Å²) in [7, 11) is 0. The van der Waals surface area contributed by atoms with Gasteiger partial charge in [-0.05, 0) is 32.2 Å².